The predicted molar refractivity (Wildman–Crippen MR) is 82.9 cm³/mol. The Balaban J connectivity index is 2.24. The van der Waals surface area contributed by atoms with Gasteiger partial charge in [-0.1, -0.05) is 25.1 Å². The molecule has 1 N–H and O–H groups in total. The third kappa shape index (κ3) is 3.58. The Morgan fingerprint density at radius 2 is 2.00 bits per heavy atom. The zero-order valence-electron chi connectivity index (χ0n) is 12.4. The van der Waals surface area contributed by atoms with E-state index in [1.807, 2.05) is 12.1 Å². The monoisotopic (exact) mass is 270 g/mol. The first-order valence-electron chi connectivity index (χ1n) is 7.08. The van der Waals surface area contributed by atoms with Gasteiger partial charge in [-0.3, -0.25) is 0 Å². The standard InChI is InChI=1S/C17H22N2O/c1-4-9-18-13(2)14-6-5-7-15(11-14)16-8-10-19-17(12-16)20-3/h5-8,10-13,18H,4,9H2,1-3H3. The van der Waals surface area contributed by atoms with Gasteiger partial charge in [0.25, 0.3) is 0 Å². The molecule has 1 aromatic carbocycles. The SMILES string of the molecule is CCCNC(C)c1cccc(-c2ccnc(OC)c2)c1. The molecule has 0 saturated heterocycles. The lowest BCUT2D eigenvalue weighted by Gasteiger charge is -2.15. The van der Waals surface area contributed by atoms with E-state index in [0.29, 0.717) is 11.9 Å². The lowest BCUT2D eigenvalue weighted by Crippen LogP contribution is -2.19. The molecule has 1 unspecified atom stereocenters. The largest absolute Gasteiger partial charge is 0.481 e. The maximum atomic E-state index is 5.18. The van der Waals surface area contributed by atoms with Crippen LogP contribution in [0.15, 0.2) is 42.6 Å². The predicted octanol–water partition coefficient (Wildman–Crippen LogP) is 3.82. The normalized spacial score (nSPS) is 12.2. The highest BCUT2D eigenvalue weighted by Crippen LogP contribution is 2.25. The van der Waals surface area contributed by atoms with Crippen LogP contribution in [-0.4, -0.2) is 18.6 Å². The number of aromatic nitrogens is 1. The van der Waals surface area contributed by atoms with E-state index < -0.39 is 0 Å². The van der Waals surface area contributed by atoms with Crippen LogP contribution in [-0.2, 0) is 0 Å². The van der Waals surface area contributed by atoms with Gasteiger partial charge in [-0.05, 0) is 48.7 Å². The van der Waals surface area contributed by atoms with Gasteiger partial charge >= 0.3 is 0 Å². The summed E-state index contributed by atoms with van der Waals surface area (Å²) in [7, 11) is 1.64. The molecular formula is C17H22N2O. The molecule has 0 amide bonds. The molecule has 0 spiro atoms. The molecule has 3 heteroatoms. The van der Waals surface area contributed by atoms with Crippen LogP contribution in [0, 0.1) is 0 Å². The third-order valence-corrected chi connectivity index (χ3v) is 3.36. The average molecular weight is 270 g/mol. The molecule has 0 aliphatic heterocycles. The summed E-state index contributed by atoms with van der Waals surface area (Å²) < 4.78 is 5.18. The fourth-order valence-electron chi connectivity index (χ4n) is 2.17. The summed E-state index contributed by atoms with van der Waals surface area (Å²) in [5.41, 5.74) is 3.61. The number of pyridine rings is 1. The second-order valence-electron chi connectivity index (χ2n) is 4.89. The van der Waals surface area contributed by atoms with Crippen molar-refractivity contribution in [1.82, 2.24) is 10.3 Å². The zero-order valence-corrected chi connectivity index (χ0v) is 12.4. The van der Waals surface area contributed by atoms with Gasteiger partial charge in [0, 0.05) is 18.3 Å². The summed E-state index contributed by atoms with van der Waals surface area (Å²) in [6.07, 6.45) is 2.92. The number of rotatable bonds is 6. The van der Waals surface area contributed by atoms with Gasteiger partial charge in [0.1, 0.15) is 0 Å². The quantitative estimate of drug-likeness (QED) is 0.866. The van der Waals surface area contributed by atoms with E-state index in [4.69, 9.17) is 4.74 Å². The number of nitrogens with one attached hydrogen (secondary N) is 1. The highest BCUT2D eigenvalue weighted by molar-refractivity contribution is 5.65. The van der Waals surface area contributed by atoms with Crippen LogP contribution in [0.4, 0.5) is 0 Å². The molecule has 1 atom stereocenters. The van der Waals surface area contributed by atoms with Crippen molar-refractivity contribution in [1.29, 1.82) is 0 Å². The Labute approximate surface area is 121 Å². The van der Waals surface area contributed by atoms with Crippen molar-refractivity contribution in [2.45, 2.75) is 26.3 Å². The van der Waals surface area contributed by atoms with Crippen molar-refractivity contribution < 1.29 is 4.74 Å². The van der Waals surface area contributed by atoms with Crippen molar-refractivity contribution in [3.63, 3.8) is 0 Å². The van der Waals surface area contributed by atoms with Crippen molar-refractivity contribution in [3.05, 3.63) is 48.2 Å². The summed E-state index contributed by atoms with van der Waals surface area (Å²) in [5, 5.41) is 3.51. The highest BCUT2D eigenvalue weighted by atomic mass is 16.5. The van der Waals surface area contributed by atoms with E-state index in [9.17, 15) is 0 Å². The number of hydrogen-bond acceptors (Lipinski definition) is 3. The first-order valence-corrected chi connectivity index (χ1v) is 7.08. The Morgan fingerprint density at radius 1 is 1.20 bits per heavy atom. The second kappa shape index (κ2) is 7.06. The molecule has 0 radical (unpaired) electrons. The Hall–Kier alpha value is -1.87. The molecule has 2 aromatic rings. The molecule has 3 nitrogen and oxygen atoms in total. The van der Waals surface area contributed by atoms with Crippen LogP contribution in [0.5, 0.6) is 5.88 Å². The minimum Gasteiger partial charge on any atom is -0.481 e. The molecule has 0 fully saturated rings. The van der Waals surface area contributed by atoms with Crippen LogP contribution in [0.3, 0.4) is 0 Å². The van der Waals surface area contributed by atoms with Crippen molar-refractivity contribution in [2.75, 3.05) is 13.7 Å². The van der Waals surface area contributed by atoms with Crippen LogP contribution in [0.2, 0.25) is 0 Å². The molecule has 2 rings (SSSR count). The lowest BCUT2D eigenvalue weighted by molar-refractivity contribution is 0.398. The molecule has 0 aliphatic carbocycles. The van der Waals surface area contributed by atoms with Crippen LogP contribution >= 0.6 is 0 Å². The number of benzene rings is 1. The summed E-state index contributed by atoms with van der Waals surface area (Å²) in [6.45, 7) is 5.41. The number of hydrogen-bond donors (Lipinski definition) is 1. The van der Waals surface area contributed by atoms with Gasteiger partial charge < -0.3 is 10.1 Å². The Kier molecular flexibility index (Phi) is 5.13. The maximum Gasteiger partial charge on any atom is 0.213 e. The van der Waals surface area contributed by atoms with Gasteiger partial charge in [-0.15, -0.1) is 0 Å². The topological polar surface area (TPSA) is 34.2 Å². The molecule has 0 bridgehead atoms. The van der Waals surface area contributed by atoms with Gasteiger partial charge in [-0.2, -0.15) is 0 Å². The number of ether oxygens (including phenoxy) is 1. The molecule has 1 aromatic heterocycles. The average Bonchev–Trinajstić information content (AvgIpc) is 2.52. The zero-order chi connectivity index (χ0) is 14.4. The Bertz CT molecular complexity index is 554. The first kappa shape index (κ1) is 14.5. The van der Waals surface area contributed by atoms with Crippen molar-refractivity contribution in [3.8, 4) is 17.0 Å². The van der Waals surface area contributed by atoms with Gasteiger partial charge in [0.15, 0.2) is 0 Å². The van der Waals surface area contributed by atoms with E-state index in [2.05, 4.69) is 48.4 Å². The van der Waals surface area contributed by atoms with E-state index >= 15 is 0 Å². The minimum absolute atomic E-state index is 0.360. The fraction of sp³-hybridized carbons (Fsp3) is 0.353. The van der Waals surface area contributed by atoms with Crippen molar-refractivity contribution in [2.24, 2.45) is 0 Å². The number of nitrogens with zero attached hydrogens (tertiary/aromatic N) is 1. The van der Waals surface area contributed by atoms with Crippen molar-refractivity contribution >= 4 is 0 Å². The fourth-order valence-corrected chi connectivity index (χ4v) is 2.17. The van der Waals surface area contributed by atoms with Crippen LogP contribution in [0.25, 0.3) is 11.1 Å². The van der Waals surface area contributed by atoms with E-state index in [1.54, 1.807) is 13.3 Å². The van der Waals surface area contributed by atoms with Crippen LogP contribution < -0.4 is 10.1 Å². The molecule has 0 saturated carbocycles. The summed E-state index contributed by atoms with van der Waals surface area (Å²) in [5.74, 6) is 0.644. The summed E-state index contributed by atoms with van der Waals surface area (Å²) in [4.78, 5) is 4.15. The molecule has 106 valence electrons. The van der Waals surface area contributed by atoms with E-state index in [-0.39, 0.29) is 0 Å². The van der Waals surface area contributed by atoms with E-state index in [1.165, 1.54) is 11.1 Å². The lowest BCUT2D eigenvalue weighted by atomic mass is 10.0. The Morgan fingerprint density at radius 3 is 2.75 bits per heavy atom. The molecule has 20 heavy (non-hydrogen) atoms. The maximum absolute atomic E-state index is 5.18. The first-order chi connectivity index (χ1) is 9.74. The second-order valence-corrected chi connectivity index (χ2v) is 4.89. The van der Waals surface area contributed by atoms with Gasteiger partial charge in [0.2, 0.25) is 5.88 Å². The van der Waals surface area contributed by atoms with Crippen LogP contribution in [0.1, 0.15) is 31.9 Å². The smallest absolute Gasteiger partial charge is 0.213 e. The molecule has 1 heterocycles. The molecular weight excluding hydrogens is 248 g/mol. The minimum atomic E-state index is 0.360. The van der Waals surface area contributed by atoms with Gasteiger partial charge in [-0.25, -0.2) is 4.98 Å². The van der Waals surface area contributed by atoms with E-state index in [0.717, 1.165) is 18.5 Å². The highest BCUT2D eigenvalue weighted by Gasteiger charge is 2.06. The summed E-state index contributed by atoms with van der Waals surface area (Å²) in [6, 6.07) is 12.9. The molecule has 0 aliphatic rings. The summed E-state index contributed by atoms with van der Waals surface area (Å²) >= 11 is 0. The third-order valence-electron chi connectivity index (χ3n) is 3.36. The number of methoxy groups -OCH3 is 1. The van der Waals surface area contributed by atoms with Gasteiger partial charge in [0.05, 0.1) is 7.11 Å².